The average molecular weight is 395 g/mol. The number of anilines is 1. The predicted octanol–water partition coefficient (Wildman–Crippen LogP) is 4.00. The van der Waals surface area contributed by atoms with Gasteiger partial charge in [-0.2, -0.15) is 0 Å². The van der Waals surface area contributed by atoms with Gasteiger partial charge in [0.15, 0.2) is 0 Å². The Labute approximate surface area is 169 Å². The smallest absolute Gasteiger partial charge is 0.227 e. The van der Waals surface area contributed by atoms with Crippen molar-refractivity contribution in [3.8, 4) is 16.9 Å². The fraction of sp³-hybridized carbons (Fsp3) is 0.409. The summed E-state index contributed by atoms with van der Waals surface area (Å²) in [5, 5.41) is 5.07. The Kier molecular flexibility index (Phi) is 5.00. The van der Waals surface area contributed by atoms with Crippen LogP contribution in [-0.2, 0) is 9.53 Å². The second kappa shape index (κ2) is 7.48. The molecule has 1 aromatic carbocycles. The van der Waals surface area contributed by atoms with Crippen LogP contribution >= 0.6 is 0 Å². The molecule has 1 amide bonds. The lowest BCUT2D eigenvalue weighted by Gasteiger charge is -2.33. The summed E-state index contributed by atoms with van der Waals surface area (Å²) >= 11 is 0. The van der Waals surface area contributed by atoms with Crippen LogP contribution in [-0.4, -0.2) is 43.4 Å². The van der Waals surface area contributed by atoms with Gasteiger partial charge >= 0.3 is 0 Å². The first-order chi connectivity index (χ1) is 14.0. The number of methoxy groups -OCH3 is 2. The summed E-state index contributed by atoms with van der Waals surface area (Å²) in [7, 11) is 3.29. The van der Waals surface area contributed by atoms with E-state index in [0.717, 1.165) is 50.5 Å². The van der Waals surface area contributed by atoms with Crippen LogP contribution in [0.3, 0.4) is 0 Å². The summed E-state index contributed by atoms with van der Waals surface area (Å²) in [6.45, 7) is 6.87. The summed E-state index contributed by atoms with van der Waals surface area (Å²) in [4.78, 5) is 19.1. The van der Waals surface area contributed by atoms with Crippen LogP contribution in [0.5, 0.6) is 5.75 Å². The van der Waals surface area contributed by atoms with Crippen LogP contribution in [0.15, 0.2) is 22.9 Å². The zero-order valence-electron chi connectivity index (χ0n) is 17.4. The average Bonchev–Trinajstić information content (AvgIpc) is 3.04. The molecule has 0 radical (unpaired) electrons. The highest BCUT2D eigenvalue weighted by atomic mass is 16.5. The number of hydrogen-bond acceptors (Lipinski definition) is 6. The molecule has 0 bridgehead atoms. The standard InChI is InChI=1S/C22H25N3O4/c1-12-8-20(26)25(6-7-27-4)18-11-23-17-9-16(22-13(2)24-29-14(22)3)19(28-5)10-15(17)21(12)18/h9-12H,6-8H2,1-5H3. The van der Waals surface area contributed by atoms with Crippen LogP contribution in [0.2, 0.25) is 0 Å². The summed E-state index contributed by atoms with van der Waals surface area (Å²) in [5.41, 5.74) is 5.46. The first kappa shape index (κ1) is 19.4. The van der Waals surface area contributed by atoms with E-state index in [1.165, 1.54) is 0 Å². The van der Waals surface area contributed by atoms with Crippen molar-refractivity contribution in [3.05, 3.63) is 35.3 Å². The summed E-state index contributed by atoms with van der Waals surface area (Å²) in [6, 6.07) is 4.03. The third-order valence-electron chi connectivity index (χ3n) is 5.60. The normalized spacial score (nSPS) is 16.4. The van der Waals surface area contributed by atoms with E-state index in [1.807, 2.05) is 26.0 Å². The van der Waals surface area contributed by atoms with Crippen molar-refractivity contribution in [3.63, 3.8) is 0 Å². The van der Waals surface area contributed by atoms with Gasteiger partial charge in [-0.25, -0.2) is 0 Å². The number of benzene rings is 1. The van der Waals surface area contributed by atoms with Crippen LogP contribution < -0.4 is 9.64 Å². The van der Waals surface area contributed by atoms with Crippen molar-refractivity contribution in [1.29, 1.82) is 0 Å². The summed E-state index contributed by atoms with van der Waals surface area (Å²) < 4.78 is 16.3. The number of ether oxygens (including phenoxy) is 2. The minimum Gasteiger partial charge on any atom is -0.496 e. The van der Waals surface area contributed by atoms with Gasteiger partial charge in [0, 0.05) is 31.0 Å². The lowest BCUT2D eigenvalue weighted by molar-refractivity contribution is -0.119. The molecule has 29 heavy (non-hydrogen) atoms. The third kappa shape index (κ3) is 3.15. The van der Waals surface area contributed by atoms with E-state index >= 15 is 0 Å². The fourth-order valence-corrected chi connectivity index (χ4v) is 4.23. The summed E-state index contributed by atoms with van der Waals surface area (Å²) in [6.07, 6.45) is 2.26. The van der Waals surface area contributed by atoms with Crippen molar-refractivity contribution in [1.82, 2.24) is 10.1 Å². The number of nitrogens with zero attached hydrogens (tertiary/aromatic N) is 3. The van der Waals surface area contributed by atoms with Crippen molar-refractivity contribution < 1.29 is 18.8 Å². The lowest BCUT2D eigenvalue weighted by Crippen LogP contribution is -2.38. The number of rotatable bonds is 5. The Morgan fingerprint density at radius 1 is 1.28 bits per heavy atom. The van der Waals surface area contributed by atoms with Crippen molar-refractivity contribution in [2.75, 3.05) is 32.3 Å². The van der Waals surface area contributed by atoms with Crippen LogP contribution in [0.25, 0.3) is 22.0 Å². The maximum absolute atomic E-state index is 12.6. The molecule has 0 saturated carbocycles. The van der Waals surface area contributed by atoms with E-state index in [0.29, 0.717) is 19.6 Å². The molecule has 1 atom stereocenters. The largest absolute Gasteiger partial charge is 0.496 e. The molecule has 1 aliphatic rings. The van der Waals surface area contributed by atoms with E-state index in [4.69, 9.17) is 14.0 Å². The lowest BCUT2D eigenvalue weighted by atomic mass is 9.87. The highest BCUT2D eigenvalue weighted by molar-refractivity contribution is 6.02. The second-order valence-electron chi connectivity index (χ2n) is 7.47. The first-order valence-corrected chi connectivity index (χ1v) is 9.69. The maximum atomic E-state index is 12.6. The van der Waals surface area contributed by atoms with Gasteiger partial charge < -0.3 is 18.9 Å². The van der Waals surface area contributed by atoms with E-state index in [1.54, 1.807) is 25.3 Å². The van der Waals surface area contributed by atoms with Crippen molar-refractivity contribution in [2.45, 2.75) is 33.1 Å². The molecule has 2 aromatic heterocycles. The highest BCUT2D eigenvalue weighted by Gasteiger charge is 2.31. The van der Waals surface area contributed by atoms with Gasteiger partial charge in [0.2, 0.25) is 5.91 Å². The number of carbonyl (C=O) groups excluding carboxylic acids is 1. The van der Waals surface area contributed by atoms with Crippen molar-refractivity contribution >= 4 is 22.5 Å². The van der Waals surface area contributed by atoms with E-state index in [9.17, 15) is 4.79 Å². The molecule has 7 nitrogen and oxygen atoms in total. The maximum Gasteiger partial charge on any atom is 0.227 e. The van der Waals surface area contributed by atoms with Gasteiger partial charge in [-0.15, -0.1) is 0 Å². The molecule has 1 aliphatic heterocycles. The summed E-state index contributed by atoms with van der Waals surface area (Å²) in [5.74, 6) is 1.66. The van der Waals surface area contributed by atoms with Gasteiger partial charge in [0.05, 0.1) is 42.4 Å². The Morgan fingerprint density at radius 2 is 2.07 bits per heavy atom. The highest BCUT2D eigenvalue weighted by Crippen LogP contribution is 2.43. The number of aryl methyl sites for hydroxylation is 2. The topological polar surface area (TPSA) is 77.7 Å². The number of hydrogen-bond donors (Lipinski definition) is 0. The number of carbonyl (C=O) groups is 1. The monoisotopic (exact) mass is 395 g/mol. The fourth-order valence-electron chi connectivity index (χ4n) is 4.23. The van der Waals surface area contributed by atoms with Gasteiger partial charge in [-0.1, -0.05) is 12.1 Å². The van der Waals surface area contributed by atoms with Crippen molar-refractivity contribution in [2.24, 2.45) is 0 Å². The zero-order chi connectivity index (χ0) is 20.7. The molecule has 0 fully saturated rings. The minimum absolute atomic E-state index is 0.0939. The Bertz CT molecular complexity index is 1070. The predicted molar refractivity (Wildman–Crippen MR) is 111 cm³/mol. The van der Waals surface area contributed by atoms with Crippen LogP contribution in [0, 0.1) is 13.8 Å². The molecular formula is C22H25N3O4. The number of fused-ring (bicyclic) bond motifs is 3. The van der Waals surface area contributed by atoms with Gasteiger partial charge in [-0.3, -0.25) is 9.78 Å². The van der Waals surface area contributed by atoms with Crippen LogP contribution in [0.4, 0.5) is 5.69 Å². The second-order valence-corrected chi connectivity index (χ2v) is 7.47. The first-order valence-electron chi connectivity index (χ1n) is 9.69. The molecular weight excluding hydrogens is 370 g/mol. The Hall–Kier alpha value is -2.93. The van der Waals surface area contributed by atoms with E-state index in [-0.39, 0.29) is 11.8 Å². The van der Waals surface area contributed by atoms with Gasteiger partial charge in [0.25, 0.3) is 0 Å². The Balaban J connectivity index is 1.94. The molecule has 3 aromatic rings. The molecule has 3 heterocycles. The SMILES string of the molecule is COCCN1C(=O)CC(C)c2c1cnc1cc(-c3c(C)noc3C)c(OC)cc21. The molecule has 0 spiro atoms. The molecule has 4 rings (SSSR count). The molecule has 7 heteroatoms. The Morgan fingerprint density at radius 3 is 2.72 bits per heavy atom. The molecule has 0 aliphatic carbocycles. The third-order valence-corrected chi connectivity index (χ3v) is 5.60. The minimum atomic E-state index is 0.0939. The van der Waals surface area contributed by atoms with E-state index < -0.39 is 0 Å². The molecule has 0 saturated heterocycles. The quantitative estimate of drug-likeness (QED) is 0.650. The number of aromatic nitrogens is 2. The zero-order valence-corrected chi connectivity index (χ0v) is 17.4. The van der Waals surface area contributed by atoms with Crippen LogP contribution in [0.1, 0.15) is 36.3 Å². The number of pyridine rings is 1. The molecule has 152 valence electrons. The van der Waals surface area contributed by atoms with Gasteiger partial charge in [-0.05, 0) is 37.5 Å². The van der Waals surface area contributed by atoms with Gasteiger partial charge in [0.1, 0.15) is 11.5 Å². The number of amides is 1. The van der Waals surface area contributed by atoms with E-state index in [2.05, 4.69) is 17.1 Å². The molecule has 0 N–H and O–H groups in total. The molecule has 1 unspecified atom stereocenters.